The number of benzene rings is 3. The highest BCUT2D eigenvalue weighted by Gasteiger charge is 2.41. The number of ether oxygens (including phenoxy) is 2. The van der Waals surface area contributed by atoms with Crippen molar-refractivity contribution in [3.8, 4) is 11.5 Å². The summed E-state index contributed by atoms with van der Waals surface area (Å²) in [5.74, 6) is 0.467. The van der Waals surface area contributed by atoms with Crippen LogP contribution in [0.1, 0.15) is 22.3 Å². The summed E-state index contributed by atoms with van der Waals surface area (Å²) in [6.07, 6.45) is 0. The Morgan fingerprint density at radius 2 is 0.833 bits per heavy atom. The monoisotopic (exact) mass is 546 g/mol. The van der Waals surface area contributed by atoms with Crippen molar-refractivity contribution in [2.75, 3.05) is 0 Å². The summed E-state index contributed by atoms with van der Waals surface area (Å²) in [5.41, 5.74) is -10.3. The molecule has 0 radical (unpaired) electrons. The van der Waals surface area contributed by atoms with Crippen LogP contribution in [0, 0.1) is 0 Å². The van der Waals surface area contributed by atoms with E-state index in [1.165, 1.54) is 36.4 Å². The number of para-hydroxylation sites is 2. The predicted octanol–water partition coefficient (Wildman–Crippen LogP) is 0.630. The zero-order chi connectivity index (χ0) is 26.8. The van der Waals surface area contributed by atoms with E-state index in [0.717, 1.165) is 24.3 Å². The first-order chi connectivity index (χ1) is 16.6. The SMILES string of the molecule is [O-][P+]([O-])([O-])C(F)(F)c1ccc(COc2ccccc2OCc2ccc(C(F)(F)[P+]([O-])([O-])[O-])cc2)cc1. The first-order valence-corrected chi connectivity index (χ1v) is 13.0. The first-order valence-electron chi connectivity index (χ1n) is 9.96. The van der Waals surface area contributed by atoms with Crippen molar-refractivity contribution in [1.82, 2.24) is 0 Å². The van der Waals surface area contributed by atoms with E-state index in [2.05, 4.69) is 0 Å². The number of alkyl halides is 4. The van der Waals surface area contributed by atoms with Crippen molar-refractivity contribution < 1.29 is 56.4 Å². The summed E-state index contributed by atoms with van der Waals surface area (Å²) in [4.78, 5) is 64.6. The summed E-state index contributed by atoms with van der Waals surface area (Å²) in [5, 5.41) is 0. The lowest BCUT2D eigenvalue weighted by atomic mass is 10.1. The van der Waals surface area contributed by atoms with E-state index >= 15 is 0 Å². The lowest BCUT2D eigenvalue weighted by Gasteiger charge is -2.46. The molecule has 0 aliphatic heterocycles. The van der Waals surface area contributed by atoms with Crippen molar-refractivity contribution in [3.05, 3.63) is 95.1 Å². The molecule has 194 valence electrons. The average Bonchev–Trinajstić information content (AvgIpc) is 2.81. The topological polar surface area (TPSA) is 157 Å². The molecule has 0 saturated carbocycles. The first kappa shape index (κ1) is 28.2. The second kappa shape index (κ2) is 10.5. The second-order valence-corrected chi connectivity index (χ2v) is 10.6. The molecule has 0 heterocycles. The molecule has 3 aromatic carbocycles. The minimum atomic E-state index is -6.19. The van der Waals surface area contributed by atoms with Gasteiger partial charge in [-0.2, -0.15) is 17.6 Å². The molecule has 0 amide bonds. The molecule has 0 aliphatic rings. The van der Waals surface area contributed by atoms with Gasteiger partial charge in [-0.25, -0.2) is 0 Å². The standard InChI is InChI=1S/C22H20F4O8P2/c23-21(24,35(27,28)29)17-9-5-15(6-10-17)13-33-19-3-1-2-4-20(19)34-14-16-7-11-18(12-8-16)22(25,26)36(30,31)32/h1-12H,13-14H2,(H2,27,28,29)(H2,30,31,32)/p-4. The summed E-state index contributed by atoms with van der Waals surface area (Å²) in [6.45, 7) is -0.264. The smallest absolute Gasteiger partial charge is 0.363 e. The lowest BCUT2D eigenvalue weighted by molar-refractivity contribution is -0.449. The average molecular weight is 546 g/mol. The third-order valence-electron chi connectivity index (χ3n) is 4.93. The van der Waals surface area contributed by atoms with Crippen LogP contribution in [0.3, 0.4) is 0 Å². The number of hydrogen-bond donors (Lipinski definition) is 0. The van der Waals surface area contributed by atoms with Crippen LogP contribution >= 0.6 is 15.9 Å². The molecule has 0 N–H and O–H groups in total. The van der Waals surface area contributed by atoms with Gasteiger partial charge in [-0.3, -0.25) is 0 Å². The molecule has 14 heteroatoms. The molecule has 0 fully saturated rings. The molecule has 0 bridgehead atoms. The van der Waals surface area contributed by atoms with Crippen LogP contribution < -0.4 is 38.8 Å². The van der Waals surface area contributed by atoms with Crippen molar-refractivity contribution in [1.29, 1.82) is 0 Å². The molecule has 0 spiro atoms. The molecule has 0 unspecified atom stereocenters. The molecular formula is C22H16F4O8P2-4. The normalized spacial score (nSPS) is 12.9. The van der Waals surface area contributed by atoms with Crippen LogP contribution in [-0.4, -0.2) is 0 Å². The van der Waals surface area contributed by atoms with E-state index in [1.807, 2.05) is 0 Å². The van der Waals surface area contributed by atoms with E-state index in [0.29, 0.717) is 11.1 Å². The molecule has 8 nitrogen and oxygen atoms in total. The Bertz CT molecular complexity index is 1070. The predicted molar refractivity (Wildman–Crippen MR) is 110 cm³/mol. The zero-order valence-corrected chi connectivity index (χ0v) is 19.8. The van der Waals surface area contributed by atoms with Gasteiger partial charge in [0.1, 0.15) is 13.2 Å². The van der Waals surface area contributed by atoms with Crippen molar-refractivity contribution in [3.63, 3.8) is 0 Å². The highest BCUT2D eigenvalue weighted by molar-refractivity contribution is 7.55. The van der Waals surface area contributed by atoms with Gasteiger partial charge >= 0.3 is 11.3 Å². The van der Waals surface area contributed by atoms with Gasteiger partial charge in [0.2, 0.25) is 0 Å². The van der Waals surface area contributed by atoms with Gasteiger partial charge in [-0.05, 0) is 47.5 Å². The van der Waals surface area contributed by atoms with Gasteiger partial charge in [0.05, 0.1) is 11.1 Å². The van der Waals surface area contributed by atoms with Crippen LogP contribution in [0.25, 0.3) is 0 Å². The van der Waals surface area contributed by atoms with Gasteiger partial charge in [-0.1, -0.05) is 52.3 Å². The van der Waals surface area contributed by atoms with Crippen LogP contribution in [0.4, 0.5) is 17.6 Å². The third kappa shape index (κ3) is 6.29. The molecule has 0 saturated heterocycles. The van der Waals surface area contributed by atoms with Crippen molar-refractivity contribution in [2.45, 2.75) is 24.5 Å². The number of rotatable bonds is 10. The van der Waals surface area contributed by atoms with Gasteiger partial charge < -0.3 is 38.8 Å². The summed E-state index contributed by atoms with van der Waals surface area (Å²) >= 11 is 0. The molecule has 3 aromatic rings. The lowest BCUT2D eigenvalue weighted by Crippen LogP contribution is -2.43. The Balaban J connectivity index is 1.64. The molecule has 0 atom stereocenters. The van der Waals surface area contributed by atoms with Gasteiger partial charge in [0.25, 0.3) is 0 Å². The van der Waals surface area contributed by atoms with Crippen LogP contribution in [0.15, 0.2) is 72.8 Å². The Morgan fingerprint density at radius 3 is 1.11 bits per heavy atom. The summed E-state index contributed by atoms with van der Waals surface area (Å²) < 4.78 is 65.8. The van der Waals surface area contributed by atoms with Crippen molar-refractivity contribution >= 4 is 15.9 Å². The molecule has 0 aliphatic carbocycles. The highest BCUT2D eigenvalue weighted by Crippen LogP contribution is 2.56. The van der Waals surface area contributed by atoms with E-state index in [-0.39, 0.29) is 24.7 Å². The van der Waals surface area contributed by atoms with E-state index in [1.54, 1.807) is 12.1 Å². The zero-order valence-electron chi connectivity index (χ0n) is 18.0. The maximum atomic E-state index is 13.6. The fraction of sp³-hybridized carbons (Fsp3) is 0.182. The van der Waals surface area contributed by atoms with Crippen LogP contribution in [-0.2, 0) is 24.5 Å². The third-order valence-corrected chi connectivity index (χ3v) is 6.82. The van der Waals surface area contributed by atoms with E-state index in [9.17, 15) is 46.9 Å². The van der Waals surface area contributed by atoms with E-state index < -0.39 is 38.3 Å². The maximum absolute atomic E-state index is 13.6. The fourth-order valence-corrected chi connectivity index (χ4v) is 3.86. The minimum absolute atomic E-state index is 0.132. The maximum Gasteiger partial charge on any atom is 0.363 e. The Morgan fingerprint density at radius 1 is 0.528 bits per heavy atom. The van der Waals surface area contributed by atoms with Crippen LogP contribution in [0.2, 0.25) is 0 Å². The second-order valence-electron chi connectivity index (χ2n) is 7.50. The van der Waals surface area contributed by atoms with Crippen molar-refractivity contribution in [2.24, 2.45) is 0 Å². The largest absolute Gasteiger partial charge is 0.683 e. The molecule has 0 aromatic heterocycles. The number of halogens is 4. The number of hydrogen-bond acceptors (Lipinski definition) is 8. The van der Waals surface area contributed by atoms with Crippen LogP contribution in [0.5, 0.6) is 11.5 Å². The van der Waals surface area contributed by atoms with E-state index in [4.69, 9.17) is 9.47 Å². The minimum Gasteiger partial charge on any atom is -0.683 e. The van der Waals surface area contributed by atoms with Gasteiger partial charge in [0.15, 0.2) is 11.5 Å². The van der Waals surface area contributed by atoms with Gasteiger partial charge in [-0.15, -0.1) is 0 Å². The fourth-order valence-electron chi connectivity index (χ4n) is 2.93. The molecular weight excluding hydrogens is 530 g/mol. The Kier molecular flexibility index (Phi) is 8.24. The summed E-state index contributed by atoms with van der Waals surface area (Å²) in [6, 6.07) is 14.2. The quantitative estimate of drug-likeness (QED) is 0.265. The Hall–Kier alpha value is -2.40. The highest BCUT2D eigenvalue weighted by atomic mass is 31.2. The molecule has 36 heavy (non-hydrogen) atoms. The van der Waals surface area contributed by atoms with Gasteiger partial charge in [0, 0.05) is 0 Å². The molecule has 3 rings (SSSR count). The Labute approximate surface area is 203 Å². The summed E-state index contributed by atoms with van der Waals surface area (Å²) in [7, 11) is -12.4.